The molecule has 1 heterocycles. The molecule has 0 spiro atoms. The third kappa shape index (κ3) is 5.06. The molecule has 19 heavy (non-hydrogen) atoms. The summed E-state index contributed by atoms with van der Waals surface area (Å²) in [6.45, 7) is 5.13. The lowest BCUT2D eigenvalue weighted by atomic mass is 9.81. The lowest BCUT2D eigenvalue weighted by molar-refractivity contribution is -0.130. The van der Waals surface area contributed by atoms with Crippen molar-refractivity contribution >= 4 is 45.6 Å². The molecule has 0 radical (unpaired) electrons. The van der Waals surface area contributed by atoms with Crippen molar-refractivity contribution in [3.63, 3.8) is 0 Å². The van der Waals surface area contributed by atoms with Gasteiger partial charge in [0.2, 0.25) is 5.91 Å². The van der Waals surface area contributed by atoms with Crippen LogP contribution in [0, 0.1) is 5.41 Å². The summed E-state index contributed by atoms with van der Waals surface area (Å²) in [6, 6.07) is 4.11. The van der Waals surface area contributed by atoms with Gasteiger partial charge in [-0.15, -0.1) is 23.7 Å². The fourth-order valence-corrected chi connectivity index (χ4v) is 3.41. The molecule has 0 unspecified atom stereocenters. The van der Waals surface area contributed by atoms with Crippen LogP contribution in [-0.2, 0) is 11.2 Å². The smallest absolute Gasteiger partial charge is 0.227 e. The Kier molecular flexibility index (Phi) is 8.90. The molecule has 1 aromatic rings. The van der Waals surface area contributed by atoms with Gasteiger partial charge >= 0.3 is 0 Å². The van der Waals surface area contributed by atoms with Crippen molar-refractivity contribution in [3.05, 3.63) is 20.8 Å². The summed E-state index contributed by atoms with van der Waals surface area (Å²) in [6.07, 6.45) is 2.45. The second-order valence-electron chi connectivity index (χ2n) is 4.40. The molecule has 3 N–H and O–H groups in total. The summed E-state index contributed by atoms with van der Waals surface area (Å²) < 4.78 is 1.13. The zero-order chi connectivity index (χ0) is 13.6. The summed E-state index contributed by atoms with van der Waals surface area (Å²) in [4.78, 5) is 13.4. The predicted octanol–water partition coefficient (Wildman–Crippen LogP) is 3.36. The van der Waals surface area contributed by atoms with E-state index in [-0.39, 0.29) is 18.3 Å². The summed E-state index contributed by atoms with van der Waals surface area (Å²) >= 11 is 5.14. The van der Waals surface area contributed by atoms with Crippen LogP contribution in [0.2, 0.25) is 0 Å². The van der Waals surface area contributed by atoms with Crippen molar-refractivity contribution in [2.45, 2.75) is 33.1 Å². The second-order valence-corrected chi connectivity index (χ2v) is 6.95. The average molecular weight is 370 g/mol. The summed E-state index contributed by atoms with van der Waals surface area (Å²) in [5.41, 5.74) is 5.36. The molecular weight excluding hydrogens is 348 g/mol. The molecule has 0 aliphatic heterocycles. The lowest BCUT2D eigenvalue weighted by Crippen LogP contribution is -2.45. The standard InChI is InChI=1S/C13H21BrN2OS.ClH/c1-3-13(4-2,9-15)12(17)16-8-7-10-5-6-11(14)18-10;/h5-6H,3-4,7-9,15H2,1-2H3,(H,16,17);1H. The Labute approximate surface area is 133 Å². The van der Waals surface area contributed by atoms with Crippen molar-refractivity contribution in [2.24, 2.45) is 11.1 Å². The van der Waals surface area contributed by atoms with E-state index in [1.807, 2.05) is 19.9 Å². The van der Waals surface area contributed by atoms with Crippen LogP contribution in [0.15, 0.2) is 15.9 Å². The SMILES string of the molecule is CCC(CC)(CN)C(=O)NCCc1ccc(Br)s1.Cl. The van der Waals surface area contributed by atoms with Gasteiger partial charge in [-0.2, -0.15) is 0 Å². The van der Waals surface area contributed by atoms with Gasteiger partial charge in [-0.1, -0.05) is 13.8 Å². The molecule has 0 aliphatic rings. The van der Waals surface area contributed by atoms with Crippen LogP contribution in [0.1, 0.15) is 31.6 Å². The van der Waals surface area contributed by atoms with Gasteiger partial charge in [-0.05, 0) is 47.3 Å². The normalized spacial score (nSPS) is 10.9. The zero-order valence-corrected chi connectivity index (χ0v) is 14.6. The number of carbonyl (C=O) groups is 1. The first-order chi connectivity index (χ1) is 8.57. The summed E-state index contributed by atoms with van der Waals surface area (Å²) in [5.74, 6) is 0.0885. The lowest BCUT2D eigenvalue weighted by Gasteiger charge is -2.28. The molecular formula is C13H22BrClN2OS. The number of amides is 1. The maximum Gasteiger partial charge on any atom is 0.227 e. The highest BCUT2D eigenvalue weighted by Gasteiger charge is 2.32. The van der Waals surface area contributed by atoms with E-state index in [4.69, 9.17) is 5.73 Å². The van der Waals surface area contributed by atoms with Gasteiger partial charge in [0.25, 0.3) is 0 Å². The molecule has 0 saturated heterocycles. The minimum atomic E-state index is -0.393. The largest absolute Gasteiger partial charge is 0.355 e. The van der Waals surface area contributed by atoms with Gasteiger partial charge in [-0.25, -0.2) is 0 Å². The molecule has 0 atom stereocenters. The first-order valence-electron chi connectivity index (χ1n) is 6.30. The fourth-order valence-electron chi connectivity index (χ4n) is 1.93. The van der Waals surface area contributed by atoms with Crippen LogP contribution >= 0.6 is 39.7 Å². The van der Waals surface area contributed by atoms with Crippen molar-refractivity contribution < 1.29 is 4.79 Å². The maximum atomic E-state index is 12.2. The van der Waals surface area contributed by atoms with Crippen molar-refractivity contribution in [3.8, 4) is 0 Å². The van der Waals surface area contributed by atoms with Crippen LogP contribution in [0.5, 0.6) is 0 Å². The number of hydrogen-bond donors (Lipinski definition) is 2. The van der Waals surface area contributed by atoms with Gasteiger partial charge in [0, 0.05) is 18.0 Å². The first kappa shape index (κ1) is 18.9. The molecule has 0 aromatic carbocycles. The van der Waals surface area contributed by atoms with Gasteiger partial charge in [0.15, 0.2) is 0 Å². The van der Waals surface area contributed by atoms with Crippen LogP contribution in [0.25, 0.3) is 0 Å². The van der Waals surface area contributed by atoms with Gasteiger partial charge < -0.3 is 11.1 Å². The fraction of sp³-hybridized carbons (Fsp3) is 0.615. The Bertz CT molecular complexity index is 385. The molecule has 1 amide bonds. The maximum absolute atomic E-state index is 12.2. The third-order valence-corrected chi connectivity index (χ3v) is 5.20. The molecule has 1 aromatic heterocycles. The van der Waals surface area contributed by atoms with E-state index in [0.717, 1.165) is 23.0 Å². The van der Waals surface area contributed by atoms with E-state index in [2.05, 4.69) is 27.3 Å². The Morgan fingerprint density at radius 3 is 2.47 bits per heavy atom. The molecule has 1 rings (SSSR count). The Morgan fingerprint density at radius 1 is 1.42 bits per heavy atom. The number of halogens is 2. The number of carbonyl (C=O) groups excluding carboxylic acids is 1. The third-order valence-electron chi connectivity index (χ3n) is 3.51. The number of nitrogens with one attached hydrogen (secondary N) is 1. The minimum absolute atomic E-state index is 0. The zero-order valence-electron chi connectivity index (χ0n) is 11.4. The van der Waals surface area contributed by atoms with Gasteiger partial charge in [0.05, 0.1) is 9.20 Å². The van der Waals surface area contributed by atoms with E-state index < -0.39 is 5.41 Å². The molecule has 0 aliphatic carbocycles. The second kappa shape index (κ2) is 8.95. The first-order valence-corrected chi connectivity index (χ1v) is 7.91. The topological polar surface area (TPSA) is 55.1 Å². The summed E-state index contributed by atoms with van der Waals surface area (Å²) in [5, 5.41) is 3.01. The van der Waals surface area contributed by atoms with Crippen LogP contribution in [0.4, 0.5) is 0 Å². The highest BCUT2D eigenvalue weighted by atomic mass is 79.9. The van der Waals surface area contributed by atoms with Crippen molar-refractivity contribution in [1.82, 2.24) is 5.32 Å². The molecule has 110 valence electrons. The van der Waals surface area contributed by atoms with Crippen molar-refractivity contribution in [1.29, 1.82) is 0 Å². The summed E-state index contributed by atoms with van der Waals surface area (Å²) in [7, 11) is 0. The minimum Gasteiger partial charge on any atom is -0.355 e. The van der Waals surface area contributed by atoms with E-state index in [0.29, 0.717) is 13.1 Å². The quantitative estimate of drug-likeness (QED) is 0.774. The molecule has 0 bridgehead atoms. The highest BCUT2D eigenvalue weighted by Crippen LogP contribution is 2.25. The molecule has 6 heteroatoms. The average Bonchev–Trinajstić information content (AvgIpc) is 2.78. The van der Waals surface area contributed by atoms with Crippen LogP contribution < -0.4 is 11.1 Å². The van der Waals surface area contributed by atoms with Gasteiger partial charge in [0.1, 0.15) is 0 Å². The van der Waals surface area contributed by atoms with E-state index in [1.54, 1.807) is 11.3 Å². The molecule has 0 fully saturated rings. The van der Waals surface area contributed by atoms with E-state index >= 15 is 0 Å². The molecule has 3 nitrogen and oxygen atoms in total. The Morgan fingerprint density at radius 2 is 2.05 bits per heavy atom. The molecule has 0 saturated carbocycles. The van der Waals surface area contributed by atoms with E-state index in [9.17, 15) is 4.79 Å². The Hall–Kier alpha value is -0.100. The number of hydrogen-bond acceptors (Lipinski definition) is 3. The van der Waals surface area contributed by atoms with E-state index in [1.165, 1.54) is 4.88 Å². The number of nitrogens with two attached hydrogens (primary N) is 1. The number of rotatable bonds is 7. The van der Waals surface area contributed by atoms with Crippen LogP contribution in [0.3, 0.4) is 0 Å². The predicted molar refractivity (Wildman–Crippen MR) is 88.1 cm³/mol. The van der Waals surface area contributed by atoms with Crippen molar-refractivity contribution in [2.75, 3.05) is 13.1 Å². The van der Waals surface area contributed by atoms with Crippen LogP contribution in [-0.4, -0.2) is 19.0 Å². The highest BCUT2D eigenvalue weighted by molar-refractivity contribution is 9.11. The van der Waals surface area contributed by atoms with Gasteiger partial charge in [-0.3, -0.25) is 4.79 Å². The monoisotopic (exact) mass is 368 g/mol. The number of thiophene rings is 1. The Balaban J connectivity index is 0.00000324.